The molecular formula is C17H20N4O2S. The molecule has 1 unspecified atom stereocenters. The van der Waals surface area contributed by atoms with Crippen molar-refractivity contribution >= 4 is 23.4 Å². The summed E-state index contributed by atoms with van der Waals surface area (Å²) in [7, 11) is 0. The van der Waals surface area contributed by atoms with Gasteiger partial charge in [-0.25, -0.2) is 0 Å². The molecule has 1 aliphatic carbocycles. The van der Waals surface area contributed by atoms with Crippen molar-refractivity contribution in [2.24, 2.45) is 5.73 Å². The predicted octanol–water partition coefficient (Wildman–Crippen LogP) is 2.65. The molecule has 24 heavy (non-hydrogen) atoms. The first-order chi connectivity index (χ1) is 11.6. The summed E-state index contributed by atoms with van der Waals surface area (Å²) in [5.74, 6) is 1.13. The quantitative estimate of drug-likeness (QED) is 0.858. The largest absolute Gasteiger partial charge is 0.339 e. The lowest BCUT2D eigenvalue weighted by Gasteiger charge is -2.34. The number of carbonyl (C=O) groups is 1. The predicted molar refractivity (Wildman–Crippen MR) is 91.9 cm³/mol. The fraction of sp³-hybridized carbons (Fsp3) is 0.471. The molecule has 1 atom stereocenters. The van der Waals surface area contributed by atoms with Crippen LogP contribution in [0.25, 0.3) is 0 Å². The number of hydrogen-bond donors (Lipinski definition) is 1. The first kappa shape index (κ1) is 15.7. The van der Waals surface area contributed by atoms with E-state index in [0.29, 0.717) is 24.7 Å². The molecule has 1 aliphatic heterocycles. The smallest absolute Gasteiger partial charge is 0.232 e. The van der Waals surface area contributed by atoms with Crippen molar-refractivity contribution in [2.45, 2.75) is 42.0 Å². The number of nitrogens with zero attached hydrogens (tertiary/aromatic N) is 3. The van der Waals surface area contributed by atoms with Crippen LogP contribution in [0.4, 0.5) is 5.69 Å². The fourth-order valence-electron chi connectivity index (χ4n) is 3.27. The van der Waals surface area contributed by atoms with Crippen molar-refractivity contribution in [1.82, 2.24) is 10.1 Å². The highest BCUT2D eigenvalue weighted by molar-refractivity contribution is 7.98. The van der Waals surface area contributed by atoms with Crippen LogP contribution in [-0.2, 0) is 10.3 Å². The monoisotopic (exact) mass is 344 g/mol. The van der Waals surface area contributed by atoms with Crippen LogP contribution < -0.4 is 10.6 Å². The zero-order valence-electron chi connectivity index (χ0n) is 13.6. The molecule has 7 heteroatoms. The summed E-state index contributed by atoms with van der Waals surface area (Å²) < 4.78 is 5.42. The molecule has 0 bridgehead atoms. The van der Waals surface area contributed by atoms with E-state index in [0.717, 1.165) is 24.9 Å². The van der Waals surface area contributed by atoms with E-state index in [2.05, 4.69) is 10.1 Å². The molecule has 1 aromatic carbocycles. The molecule has 2 N–H and O–H groups in total. The highest BCUT2D eigenvalue weighted by Gasteiger charge is 2.41. The molecule has 1 amide bonds. The molecule has 2 heterocycles. The maximum Gasteiger partial charge on any atom is 0.232 e. The van der Waals surface area contributed by atoms with Gasteiger partial charge in [0, 0.05) is 23.5 Å². The Bertz CT molecular complexity index is 754. The number of amides is 1. The maximum atomic E-state index is 12.4. The van der Waals surface area contributed by atoms with Gasteiger partial charge in [-0.1, -0.05) is 5.16 Å². The van der Waals surface area contributed by atoms with Crippen molar-refractivity contribution in [3.8, 4) is 0 Å². The fourth-order valence-corrected chi connectivity index (χ4v) is 3.68. The summed E-state index contributed by atoms with van der Waals surface area (Å²) in [4.78, 5) is 19.9. The van der Waals surface area contributed by atoms with Gasteiger partial charge in [0.2, 0.25) is 11.8 Å². The number of thioether (sulfide) groups is 1. The summed E-state index contributed by atoms with van der Waals surface area (Å²) in [6.07, 6.45) is 5.31. The normalized spacial score (nSPS) is 22.7. The van der Waals surface area contributed by atoms with E-state index in [1.165, 1.54) is 4.90 Å². The second-order valence-electron chi connectivity index (χ2n) is 6.57. The SMILES string of the molecule is CSc1ccc(N2CC(c3nc(C4(N)CCC4)no3)CC2=O)cc1. The number of hydrogen-bond acceptors (Lipinski definition) is 6. The molecule has 126 valence electrons. The third-order valence-electron chi connectivity index (χ3n) is 4.99. The van der Waals surface area contributed by atoms with Gasteiger partial charge in [-0.05, 0) is 49.8 Å². The first-order valence-electron chi connectivity index (χ1n) is 8.16. The van der Waals surface area contributed by atoms with Crippen molar-refractivity contribution in [1.29, 1.82) is 0 Å². The highest BCUT2D eigenvalue weighted by atomic mass is 32.2. The zero-order valence-corrected chi connectivity index (χ0v) is 14.4. The molecule has 1 saturated heterocycles. The topological polar surface area (TPSA) is 85.2 Å². The molecule has 0 radical (unpaired) electrons. The van der Waals surface area contributed by atoms with Gasteiger partial charge in [0.25, 0.3) is 0 Å². The lowest BCUT2D eigenvalue weighted by Crippen LogP contribution is -2.44. The van der Waals surface area contributed by atoms with Crippen LogP contribution in [0, 0.1) is 0 Å². The van der Waals surface area contributed by atoms with Gasteiger partial charge in [0.15, 0.2) is 5.82 Å². The minimum Gasteiger partial charge on any atom is -0.339 e. The minimum absolute atomic E-state index is 0.0670. The number of benzene rings is 1. The van der Waals surface area contributed by atoms with Gasteiger partial charge < -0.3 is 15.2 Å². The van der Waals surface area contributed by atoms with Crippen LogP contribution in [0.1, 0.15) is 43.3 Å². The summed E-state index contributed by atoms with van der Waals surface area (Å²) in [6.45, 7) is 0.566. The molecule has 1 aromatic heterocycles. The van der Waals surface area contributed by atoms with Crippen LogP contribution >= 0.6 is 11.8 Å². The van der Waals surface area contributed by atoms with Gasteiger partial charge in [0.1, 0.15) is 0 Å². The average molecular weight is 344 g/mol. The van der Waals surface area contributed by atoms with Gasteiger partial charge in [-0.15, -0.1) is 11.8 Å². The van der Waals surface area contributed by atoms with Gasteiger partial charge in [0.05, 0.1) is 11.5 Å². The Balaban J connectivity index is 1.51. The lowest BCUT2D eigenvalue weighted by molar-refractivity contribution is -0.117. The van der Waals surface area contributed by atoms with E-state index in [1.54, 1.807) is 16.7 Å². The van der Waals surface area contributed by atoms with E-state index in [4.69, 9.17) is 10.3 Å². The zero-order chi connectivity index (χ0) is 16.7. The Kier molecular flexibility index (Phi) is 3.85. The summed E-state index contributed by atoms with van der Waals surface area (Å²) in [5, 5.41) is 4.06. The van der Waals surface area contributed by atoms with Gasteiger partial charge in [-0.3, -0.25) is 4.79 Å². The number of aromatic nitrogens is 2. The van der Waals surface area contributed by atoms with Crippen molar-refractivity contribution in [3.63, 3.8) is 0 Å². The molecule has 0 spiro atoms. The number of anilines is 1. The van der Waals surface area contributed by atoms with Gasteiger partial charge in [-0.2, -0.15) is 4.98 Å². The summed E-state index contributed by atoms with van der Waals surface area (Å²) >= 11 is 1.68. The van der Waals surface area contributed by atoms with Crippen molar-refractivity contribution in [2.75, 3.05) is 17.7 Å². The summed E-state index contributed by atoms with van der Waals surface area (Å²) in [5.41, 5.74) is 6.72. The van der Waals surface area contributed by atoms with Crippen LogP contribution in [0.2, 0.25) is 0 Å². The molecule has 2 fully saturated rings. The standard InChI is InChI=1S/C17H20N4O2S/c1-24-13-5-3-12(4-6-13)21-10-11(9-14(21)22)15-19-16(20-23-15)17(18)7-2-8-17/h3-6,11H,2,7-10,18H2,1H3. The molecule has 2 aliphatic rings. The van der Waals surface area contributed by atoms with E-state index < -0.39 is 5.54 Å². The third-order valence-corrected chi connectivity index (χ3v) is 5.73. The van der Waals surface area contributed by atoms with Crippen molar-refractivity contribution in [3.05, 3.63) is 36.0 Å². The molecule has 2 aromatic rings. The Morgan fingerprint density at radius 3 is 2.71 bits per heavy atom. The Morgan fingerprint density at radius 2 is 2.08 bits per heavy atom. The van der Waals surface area contributed by atoms with E-state index in [9.17, 15) is 4.79 Å². The Labute approximate surface area is 144 Å². The third kappa shape index (κ3) is 2.61. The number of carbonyl (C=O) groups excluding carboxylic acids is 1. The Morgan fingerprint density at radius 1 is 1.33 bits per heavy atom. The van der Waals surface area contributed by atoms with Gasteiger partial charge >= 0.3 is 0 Å². The first-order valence-corrected chi connectivity index (χ1v) is 9.39. The second kappa shape index (κ2) is 5.89. The minimum atomic E-state index is -0.433. The number of rotatable bonds is 4. The molecule has 6 nitrogen and oxygen atoms in total. The molecule has 1 saturated carbocycles. The lowest BCUT2D eigenvalue weighted by atomic mass is 9.77. The van der Waals surface area contributed by atoms with Crippen LogP contribution in [0.5, 0.6) is 0 Å². The van der Waals surface area contributed by atoms with Crippen LogP contribution in [0.15, 0.2) is 33.7 Å². The van der Waals surface area contributed by atoms with Crippen LogP contribution in [0.3, 0.4) is 0 Å². The second-order valence-corrected chi connectivity index (χ2v) is 7.45. The van der Waals surface area contributed by atoms with E-state index >= 15 is 0 Å². The number of nitrogens with two attached hydrogens (primary N) is 1. The van der Waals surface area contributed by atoms with E-state index in [-0.39, 0.29) is 11.8 Å². The van der Waals surface area contributed by atoms with Crippen LogP contribution in [-0.4, -0.2) is 28.8 Å². The Hall–Kier alpha value is -1.86. The average Bonchev–Trinajstić information content (AvgIpc) is 3.20. The highest BCUT2D eigenvalue weighted by Crippen LogP contribution is 2.38. The summed E-state index contributed by atoms with van der Waals surface area (Å²) in [6, 6.07) is 8.02. The molecule has 4 rings (SSSR count). The van der Waals surface area contributed by atoms with Crippen molar-refractivity contribution < 1.29 is 9.32 Å². The maximum absolute atomic E-state index is 12.4. The van der Waals surface area contributed by atoms with E-state index in [1.807, 2.05) is 30.5 Å². The molecular weight excluding hydrogens is 324 g/mol.